The largest absolute Gasteiger partial charge is 0.493 e. The van der Waals surface area contributed by atoms with Crippen molar-refractivity contribution >= 4 is 0 Å². The van der Waals surface area contributed by atoms with Gasteiger partial charge in [-0.05, 0) is 62.3 Å². The molecule has 0 bridgehead atoms. The van der Waals surface area contributed by atoms with Crippen LogP contribution in [0.5, 0.6) is 5.75 Å². The highest BCUT2D eigenvalue weighted by Crippen LogP contribution is 2.19. The molecule has 0 saturated carbocycles. The zero-order valence-corrected chi connectivity index (χ0v) is 12.2. The molecule has 0 radical (unpaired) electrons. The Hall–Kier alpha value is -1.02. The van der Waals surface area contributed by atoms with Crippen molar-refractivity contribution in [2.75, 3.05) is 6.61 Å². The fraction of sp³-hybridized carbons (Fsp3) is 0.625. The lowest BCUT2D eigenvalue weighted by atomic mass is 10.0. The maximum Gasteiger partial charge on any atom is 0.119 e. The van der Waals surface area contributed by atoms with Crippen molar-refractivity contribution in [3.8, 4) is 5.75 Å². The minimum absolute atomic E-state index is 0.305. The Kier molecular flexibility index (Phi) is 6.20. The Morgan fingerprint density at radius 1 is 1.22 bits per heavy atom. The lowest BCUT2D eigenvalue weighted by Gasteiger charge is -2.12. The van der Waals surface area contributed by atoms with Crippen molar-refractivity contribution in [3.63, 3.8) is 0 Å². The summed E-state index contributed by atoms with van der Waals surface area (Å²) in [5.41, 5.74) is 8.50. The second-order valence-corrected chi connectivity index (χ2v) is 5.66. The van der Waals surface area contributed by atoms with Gasteiger partial charge >= 0.3 is 0 Å². The molecule has 0 aliphatic carbocycles. The zero-order valence-electron chi connectivity index (χ0n) is 12.2. The quantitative estimate of drug-likeness (QED) is 0.799. The van der Waals surface area contributed by atoms with Crippen LogP contribution in [0.25, 0.3) is 0 Å². The van der Waals surface area contributed by atoms with E-state index in [9.17, 15) is 0 Å². The van der Waals surface area contributed by atoms with E-state index in [1.54, 1.807) is 0 Å². The first-order chi connectivity index (χ1) is 8.49. The molecule has 0 aromatic heterocycles. The van der Waals surface area contributed by atoms with Crippen LogP contribution in [-0.2, 0) is 6.42 Å². The van der Waals surface area contributed by atoms with Crippen LogP contribution in [-0.4, -0.2) is 12.6 Å². The van der Waals surface area contributed by atoms with Gasteiger partial charge < -0.3 is 10.5 Å². The summed E-state index contributed by atoms with van der Waals surface area (Å²) in [7, 11) is 0. The highest BCUT2D eigenvalue weighted by Gasteiger charge is 2.03. The van der Waals surface area contributed by atoms with Crippen molar-refractivity contribution in [3.05, 3.63) is 29.3 Å². The molecule has 1 atom stereocenters. The third-order valence-electron chi connectivity index (χ3n) is 3.00. The van der Waals surface area contributed by atoms with Gasteiger partial charge in [0.15, 0.2) is 0 Å². The number of nitrogens with two attached hydrogens (primary N) is 1. The second-order valence-electron chi connectivity index (χ2n) is 5.66. The summed E-state index contributed by atoms with van der Waals surface area (Å²) in [5, 5.41) is 0. The minimum atomic E-state index is 0.305. The summed E-state index contributed by atoms with van der Waals surface area (Å²) in [5.74, 6) is 1.55. The van der Waals surface area contributed by atoms with Crippen LogP contribution in [0.15, 0.2) is 18.2 Å². The normalized spacial score (nSPS) is 12.8. The number of aryl methyl sites for hydroxylation is 2. The molecule has 0 aliphatic rings. The second kappa shape index (κ2) is 7.42. The molecular formula is C16H27NO. The molecule has 2 N–H and O–H groups in total. The molecule has 102 valence electrons. The van der Waals surface area contributed by atoms with Gasteiger partial charge in [-0.3, -0.25) is 0 Å². The van der Waals surface area contributed by atoms with Gasteiger partial charge in [-0.25, -0.2) is 0 Å². The molecule has 1 unspecified atom stereocenters. The van der Waals surface area contributed by atoms with Gasteiger partial charge in [0.2, 0.25) is 0 Å². The van der Waals surface area contributed by atoms with Crippen LogP contribution in [0.1, 0.15) is 44.7 Å². The van der Waals surface area contributed by atoms with E-state index >= 15 is 0 Å². The SMILES string of the molecule is Cc1cc(OCC(C)C)ccc1CCCC(C)N. The molecule has 18 heavy (non-hydrogen) atoms. The Morgan fingerprint density at radius 3 is 2.50 bits per heavy atom. The molecule has 0 saturated heterocycles. The van der Waals surface area contributed by atoms with Crippen LogP contribution >= 0.6 is 0 Å². The predicted octanol–water partition coefficient (Wildman–Crippen LogP) is 3.70. The monoisotopic (exact) mass is 249 g/mol. The van der Waals surface area contributed by atoms with E-state index in [1.165, 1.54) is 11.1 Å². The molecule has 0 fully saturated rings. The number of hydrogen-bond donors (Lipinski definition) is 1. The summed E-state index contributed by atoms with van der Waals surface area (Å²) in [6.07, 6.45) is 3.35. The molecule has 1 aromatic rings. The van der Waals surface area contributed by atoms with Crippen LogP contribution < -0.4 is 10.5 Å². The predicted molar refractivity (Wildman–Crippen MR) is 78.1 cm³/mol. The standard InChI is InChI=1S/C16H27NO/c1-12(2)11-18-16-9-8-15(13(3)10-16)7-5-6-14(4)17/h8-10,12,14H,5-7,11,17H2,1-4H3. The van der Waals surface area contributed by atoms with Crippen molar-refractivity contribution in [1.82, 2.24) is 0 Å². The third-order valence-corrected chi connectivity index (χ3v) is 3.00. The van der Waals surface area contributed by atoms with Gasteiger partial charge in [-0.15, -0.1) is 0 Å². The van der Waals surface area contributed by atoms with E-state index in [4.69, 9.17) is 10.5 Å². The van der Waals surface area contributed by atoms with E-state index in [2.05, 4.69) is 45.9 Å². The Morgan fingerprint density at radius 2 is 1.94 bits per heavy atom. The molecule has 0 spiro atoms. The number of rotatable bonds is 7. The number of benzene rings is 1. The summed E-state index contributed by atoms with van der Waals surface area (Å²) >= 11 is 0. The summed E-state index contributed by atoms with van der Waals surface area (Å²) < 4.78 is 5.73. The molecule has 0 amide bonds. The van der Waals surface area contributed by atoms with E-state index in [0.29, 0.717) is 12.0 Å². The van der Waals surface area contributed by atoms with Crippen LogP contribution in [0, 0.1) is 12.8 Å². The maximum absolute atomic E-state index is 5.77. The Bertz CT molecular complexity index is 358. The van der Waals surface area contributed by atoms with Crippen molar-refractivity contribution in [2.45, 2.75) is 53.0 Å². The van der Waals surface area contributed by atoms with Gasteiger partial charge in [0, 0.05) is 6.04 Å². The van der Waals surface area contributed by atoms with Crippen LogP contribution in [0.2, 0.25) is 0 Å². The van der Waals surface area contributed by atoms with Gasteiger partial charge in [0.05, 0.1) is 6.61 Å². The first-order valence-electron chi connectivity index (χ1n) is 6.97. The molecule has 1 rings (SSSR count). The lowest BCUT2D eigenvalue weighted by molar-refractivity contribution is 0.271. The van der Waals surface area contributed by atoms with Crippen LogP contribution in [0.4, 0.5) is 0 Å². The van der Waals surface area contributed by atoms with E-state index in [1.807, 2.05) is 0 Å². The highest BCUT2D eigenvalue weighted by atomic mass is 16.5. The average molecular weight is 249 g/mol. The van der Waals surface area contributed by atoms with Gasteiger partial charge in [-0.2, -0.15) is 0 Å². The smallest absolute Gasteiger partial charge is 0.119 e. The van der Waals surface area contributed by atoms with Gasteiger partial charge in [0.25, 0.3) is 0 Å². The molecule has 1 aromatic carbocycles. The van der Waals surface area contributed by atoms with Gasteiger partial charge in [-0.1, -0.05) is 19.9 Å². The Balaban J connectivity index is 2.51. The van der Waals surface area contributed by atoms with E-state index in [-0.39, 0.29) is 0 Å². The first-order valence-corrected chi connectivity index (χ1v) is 6.97. The molecule has 0 heterocycles. The molecule has 2 heteroatoms. The highest BCUT2D eigenvalue weighted by molar-refractivity contribution is 5.34. The molecule has 2 nitrogen and oxygen atoms in total. The van der Waals surface area contributed by atoms with Crippen molar-refractivity contribution < 1.29 is 4.74 Å². The fourth-order valence-electron chi connectivity index (χ4n) is 1.92. The average Bonchev–Trinajstić information content (AvgIpc) is 2.28. The summed E-state index contributed by atoms with van der Waals surface area (Å²) in [6.45, 7) is 9.33. The molecule has 0 aliphatic heterocycles. The maximum atomic E-state index is 5.77. The number of ether oxygens (including phenoxy) is 1. The lowest BCUT2D eigenvalue weighted by Crippen LogP contribution is -2.14. The Labute approximate surface area is 112 Å². The van der Waals surface area contributed by atoms with Crippen molar-refractivity contribution in [2.24, 2.45) is 11.7 Å². The first kappa shape index (κ1) is 15.0. The van der Waals surface area contributed by atoms with Crippen molar-refractivity contribution in [1.29, 1.82) is 0 Å². The fourth-order valence-corrected chi connectivity index (χ4v) is 1.92. The molecular weight excluding hydrogens is 222 g/mol. The van der Waals surface area contributed by atoms with Gasteiger partial charge in [0.1, 0.15) is 5.75 Å². The summed E-state index contributed by atoms with van der Waals surface area (Å²) in [6, 6.07) is 6.71. The van der Waals surface area contributed by atoms with E-state index < -0.39 is 0 Å². The zero-order chi connectivity index (χ0) is 13.5. The number of hydrogen-bond acceptors (Lipinski definition) is 2. The van der Waals surface area contributed by atoms with E-state index in [0.717, 1.165) is 31.6 Å². The summed E-state index contributed by atoms with van der Waals surface area (Å²) in [4.78, 5) is 0. The third kappa shape index (κ3) is 5.54. The topological polar surface area (TPSA) is 35.2 Å². The van der Waals surface area contributed by atoms with Crippen LogP contribution in [0.3, 0.4) is 0 Å². The minimum Gasteiger partial charge on any atom is -0.493 e.